The molecule has 48 heavy (non-hydrogen) atoms. The largest absolute Gasteiger partial charge is 0.454 e. The van der Waals surface area contributed by atoms with Gasteiger partial charge in [-0.1, -0.05) is 53.5 Å². The van der Waals surface area contributed by atoms with Gasteiger partial charge in [-0.15, -0.1) is 0 Å². The molecule has 3 amide bonds. The Balaban J connectivity index is 1.10. The fourth-order valence-corrected chi connectivity index (χ4v) is 6.44. The number of rotatable bonds is 11. The predicted octanol–water partition coefficient (Wildman–Crippen LogP) is 5.12. The van der Waals surface area contributed by atoms with Crippen LogP contribution in [0.3, 0.4) is 0 Å². The van der Waals surface area contributed by atoms with Gasteiger partial charge in [0.1, 0.15) is 5.75 Å². The van der Waals surface area contributed by atoms with E-state index in [1.165, 1.54) is 30.3 Å². The summed E-state index contributed by atoms with van der Waals surface area (Å²) in [4.78, 5) is 43.4. The van der Waals surface area contributed by atoms with Gasteiger partial charge >= 0.3 is 0 Å². The molecule has 2 N–H and O–H groups in total. The lowest BCUT2D eigenvalue weighted by Gasteiger charge is -2.35. The van der Waals surface area contributed by atoms with Gasteiger partial charge in [-0.3, -0.25) is 24.0 Å². The van der Waals surface area contributed by atoms with Crippen molar-refractivity contribution in [2.75, 3.05) is 55.9 Å². The van der Waals surface area contributed by atoms with Gasteiger partial charge in [0, 0.05) is 49.5 Å². The summed E-state index contributed by atoms with van der Waals surface area (Å²) in [5, 5.41) is 3.29. The van der Waals surface area contributed by atoms with Gasteiger partial charge in [-0.25, -0.2) is 8.42 Å². The van der Waals surface area contributed by atoms with Gasteiger partial charge < -0.3 is 19.9 Å². The van der Waals surface area contributed by atoms with Crippen molar-refractivity contribution in [2.45, 2.75) is 4.90 Å². The third-order valence-electron chi connectivity index (χ3n) is 7.67. The molecule has 14 heteroatoms. The lowest BCUT2D eigenvalue weighted by molar-refractivity contribution is -0.132. The molecule has 1 fully saturated rings. The minimum Gasteiger partial charge on any atom is -0.454 e. The highest BCUT2D eigenvalue weighted by molar-refractivity contribution is 7.92. The molecule has 1 aliphatic rings. The first-order chi connectivity index (χ1) is 23.0. The van der Waals surface area contributed by atoms with E-state index in [1.807, 2.05) is 35.2 Å². The molecule has 1 heterocycles. The van der Waals surface area contributed by atoms with Gasteiger partial charge in [-0.2, -0.15) is 0 Å². The summed E-state index contributed by atoms with van der Waals surface area (Å²) < 4.78 is 34.7. The number of benzene rings is 4. The van der Waals surface area contributed by atoms with Crippen molar-refractivity contribution in [1.29, 1.82) is 0 Å². The van der Waals surface area contributed by atoms with Crippen molar-refractivity contribution in [2.24, 2.45) is 0 Å². The van der Waals surface area contributed by atoms with Crippen LogP contribution in [0.1, 0.15) is 10.4 Å². The summed E-state index contributed by atoms with van der Waals surface area (Å²) in [7, 11) is -2.33. The number of ether oxygens (including phenoxy) is 1. The van der Waals surface area contributed by atoms with Crippen molar-refractivity contribution in [3.05, 3.63) is 113 Å². The van der Waals surface area contributed by atoms with Crippen molar-refractivity contribution < 1.29 is 27.5 Å². The standard InChI is InChI=1S/C34H33Cl2N5O6S/c1-39(26-7-3-2-4-8-26)33(43)23-40-17-19-41(20-18-40)32(42)22-37-34(44)24-11-14-27(15-12-24)48(45,46)38-29-9-5-6-10-31(29)47-30-16-13-25(35)21-28(30)36/h2-16,21,38H,17-20,22-23H2,1H3,(H,37,44). The fourth-order valence-electron chi connectivity index (χ4n) is 4.92. The molecule has 1 saturated heterocycles. The van der Waals surface area contributed by atoms with Crippen LogP contribution in [0, 0.1) is 0 Å². The minimum atomic E-state index is -4.06. The Morgan fingerprint density at radius 3 is 2.19 bits per heavy atom. The van der Waals surface area contributed by atoms with E-state index in [1.54, 1.807) is 53.2 Å². The number of nitrogens with zero attached hydrogens (tertiary/aromatic N) is 3. The Hall–Kier alpha value is -4.62. The second-order valence-electron chi connectivity index (χ2n) is 10.9. The molecule has 0 atom stereocenters. The predicted molar refractivity (Wildman–Crippen MR) is 185 cm³/mol. The number of likely N-dealkylation sites (N-methyl/N-ethyl adjacent to an activating group) is 1. The van der Waals surface area contributed by atoms with Crippen LogP contribution < -0.4 is 19.7 Å². The van der Waals surface area contributed by atoms with Crippen LogP contribution in [0.2, 0.25) is 10.0 Å². The van der Waals surface area contributed by atoms with Crippen molar-refractivity contribution in [1.82, 2.24) is 15.1 Å². The molecule has 4 aromatic rings. The van der Waals surface area contributed by atoms with E-state index in [2.05, 4.69) is 10.0 Å². The van der Waals surface area contributed by atoms with Crippen LogP contribution >= 0.6 is 23.2 Å². The van der Waals surface area contributed by atoms with Crippen molar-refractivity contribution in [3.8, 4) is 11.5 Å². The zero-order chi connectivity index (χ0) is 34.3. The number of carbonyl (C=O) groups excluding carboxylic acids is 3. The van der Waals surface area contributed by atoms with E-state index >= 15 is 0 Å². The average molecular weight is 711 g/mol. The van der Waals surface area contributed by atoms with Gasteiger partial charge in [0.2, 0.25) is 11.8 Å². The Kier molecular flexibility index (Phi) is 11.2. The monoisotopic (exact) mass is 709 g/mol. The first kappa shape index (κ1) is 34.7. The second-order valence-corrected chi connectivity index (χ2v) is 13.5. The zero-order valence-corrected chi connectivity index (χ0v) is 28.3. The number of amides is 3. The highest BCUT2D eigenvalue weighted by Gasteiger charge is 2.24. The lowest BCUT2D eigenvalue weighted by atomic mass is 10.2. The molecule has 0 spiro atoms. The van der Waals surface area contributed by atoms with E-state index in [9.17, 15) is 22.8 Å². The topological polar surface area (TPSA) is 128 Å². The van der Waals surface area contributed by atoms with Crippen LogP contribution in [0.25, 0.3) is 0 Å². The molecule has 0 saturated carbocycles. The van der Waals surface area contributed by atoms with E-state index < -0.39 is 15.9 Å². The first-order valence-electron chi connectivity index (χ1n) is 14.9. The number of sulfonamides is 1. The fraction of sp³-hybridized carbons (Fsp3) is 0.206. The summed E-state index contributed by atoms with van der Waals surface area (Å²) in [5.41, 5.74) is 1.18. The Morgan fingerprint density at radius 1 is 0.833 bits per heavy atom. The number of piperazine rings is 1. The van der Waals surface area contributed by atoms with Gasteiger partial charge in [0.25, 0.3) is 15.9 Å². The molecule has 0 bridgehead atoms. The van der Waals surface area contributed by atoms with Gasteiger partial charge in [0.15, 0.2) is 5.75 Å². The van der Waals surface area contributed by atoms with E-state index in [4.69, 9.17) is 27.9 Å². The molecule has 0 radical (unpaired) electrons. The number of anilines is 2. The summed E-state index contributed by atoms with van der Waals surface area (Å²) in [6.07, 6.45) is 0. The molecule has 11 nitrogen and oxygen atoms in total. The van der Waals surface area contributed by atoms with Crippen LogP contribution in [0.4, 0.5) is 11.4 Å². The summed E-state index contributed by atoms with van der Waals surface area (Å²) in [6.45, 7) is 1.94. The van der Waals surface area contributed by atoms with E-state index in [-0.39, 0.29) is 51.8 Å². The Morgan fingerprint density at radius 2 is 1.50 bits per heavy atom. The Bertz CT molecular complexity index is 1890. The molecule has 0 unspecified atom stereocenters. The van der Waals surface area contributed by atoms with Crippen LogP contribution in [-0.4, -0.2) is 82.3 Å². The maximum absolute atomic E-state index is 13.2. The minimum absolute atomic E-state index is 0.0406. The number of para-hydroxylation sites is 3. The van der Waals surface area contributed by atoms with Crippen LogP contribution in [0.5, 0.6) is 11.5 Å². The van der Waals surface area contributed by atoms with E-state index in [0.717, 1.165) is 5.69 Å². The summed E-state index contributed by atoms with van der Waals surface area (Å²) in [6, 6.07) is 25.9. The quantitative estimate of drug-likeness (QED) is 0.221. The van der Waals surface area contributed by atoms with Crippen molar-refractivity contribution >= 4 is 62.3 Å². The second kappa shape index (κ2) is 15.5. The zero-order valence-electron chi connectivity index (χ0n) is 25.9. The summed E-state index contributed by atoms with van der Waals surface area (Å²) >= 11 is 12.2. The normalized spacial score (nSPS) is 13.4. The number of hydrogen-bond donors (Lipinski definition) is 2. The SMILES string of the molecule is CN(C(=O)CN1CCN(C(=O)CNC(=O)c2ccc(S(=O)(=O)Nc3ccccc3Oc3ccc(Cl)cc3Cl)cc2)CC1)c1ccccc1. The highest BCUT2D eigenvalue weighted by Crippen LogP contribution is 2.35. The maximum Gasteiger partial charge on any atom is 0.262 e. The molecular formula is C34H33Cl2N5O6S. The molecule has 0 aromatic heterocycles. The molecule has 1 aliphatic heterocycles. The molecule has 0 aliphatic carbocycles. The lowest BCUT2D eigenvalue weighted by Crippen LogP contribution is -2.53. The number of nitrogens with one attached hydrogen (secondary N) is 2. The number of carbonyl (C=O) groups is 3. The highest BCUT2D eigenvalue weighted by atomic mass is 35.5. The number of hydrogen-bond acceptors (Lipinski definition) is 7. The van der Waals surface area contributed by atoms with Gasteiger partial charge in [0.05, 0.1) is 28.7 Å². The first-order valence-corrected chi connectivity index (χ1v) is 17.2. The smallest absolute Gasteiger partial charge is 0.262 e. The Labute approximate surface area is 289 Å². The van der Waals surface area contributed by atoms with Crippen LogP contribution in [-0.2, 0) is 19.6 Å². The van der Waals surface area contributed by atoms with Crippen LogP contribution in [0.15, 0.2) is 102 Å². The third kappa shape index (κ3) is 8.84. The maximum atomic E-state index is 13.2. The average Bonchev–Trinajstić information content (AvgIpc) is 3.09. The van der Waals surface area contributed by atoms with Crippen molar-refractivity contribution in [3.63, 3.8) is 0 Å². The number of halogens is 2. The molecule has 4 aromatic carbocycles. The molecular weight excluding hydrogens is 677 g/mol. The molecule has 250 valence electrons. The van der Waals surface area contributed by atoms with E-state index in [0.29, 0.717) is 37.0 Å². The summed E-state index contributed by atoms with van der Waals surface area (Å²) in [5.74, 6) is -0.299. The molecule has 5 rings (SSSR count). The van der Waals surface area contributed by atoms with Gasteiger partial charge in [-0.05, 0) is 66.7 Å². The third-order valence-corrected chi connectivity index (χ3v) is 9.59.